The fourth-order valence-electron chi connectivity index (χ4n) is 1.71. The molecule has 0 amide bonds. The van der Waals surface area contributed by atoms with Crippen molar-refractivity contribution in [2.24, 2.45) is 5.92 Å². The van der Waals surface area contributed by atoms with Crippen LogP contribution in [-0.2, 0) is 0 Å². The minimum atomic E-state index is -0.355. The molecular weight excluding hydrogens is 216 g/mol. The molecule has 94 valence electrons. The molecule has 1 rings (SSSR count). The third-order valence-corrected chi connectivity index (χ3v) is 2.56. The largest absolute Gasteiger partial charge is 0.385 e. The number of non-ortho nitro benzene ring substituents is 1. The van der Waals surface area contributed by atoms with E-state index in [0.717, 1.165) is 24.2 Å². The second-order valence-corrected chi connectivity index (χ2v) is 4.78. The highest BCUT2D eigenvalue weighted by atomic mass is 16.6. The van der Waals surface area contributed by atoms with Gasteiger partial charge in [-0.3, -0.25) is 10.1 Å². The molecule has 0 aliphatic heterocycles. The number of benzene rings is 1. The predicted octanol–water partition coefficient (Wildman–Crippen LogP) is 3.75. The predicted molar refractivity (Wildman–Crippen MR) is 70.4 cm³/mol. The molecule has 0 unspecified atom stereocenters. The summed E-state index contributed by atoms with van der Waals surface area (Å²) in [5, 5.41) is 13.9. The molecule has 0 aliphatic carbocycles. The van der Waals surface area contributed by atoms with Crippen molar-refractivity contribution in [1.82, 2.24) is 0 Å². The van der Waals surface area contributed by atoms with Gasteiger partial charge in [0.2, 0.25) is 0 Å². The first kappa shape index (κ1) is 13.5. The number of nitro benzene ring substituents is 1. The maximum Gasteiger partial charge on any atom is 0.271 e. The molecule has 0 atom stereocenters. The number of anilines is 1. The number of nitrogens with zero attached hydrogens (tertiary/aromatic N) is 1. The molecule has 0 bridgehead atoms. The zero-order valence-corrected chi connectivity index (χ0v) is 10.7. The Balaban J connectivity index is 2.56. The van der Waals surface area contributed by atoms with Crippen LogP contribution in [0.3, 0.4) is 0 Å². The topological polar surface area (TPSA) is 55.2 Å². The maximum atomic E-state index is 10.7. The first-order chi connectivity index (χ1) is 7.99. The fraction of sp³-hybridized carbons (Fsp3) is 0.538. The molecule has 4 heteroatoms. The molecule has 17 heavy (non-hydrogen) atoms. The normalized spacial score (nSPS) is 10.6. The van der Waals surface area contributed by atoms with Gasteiger partial charge < -0.3 is 5.32 Å². The van der Waals surface area contributed by atoms with Gasteiger partial charge >= 0.3 is 0 Å². The van der Waals surface area contributed by atoms with Crippen molar-refractivity contribution in [2.75, 3.05) is 11.9 Å². The Kier molecular flexibility index (Phi) is 4.94. The third kappa shape index (κ3) is 4.85. The Morgan fingerprint density at radius 3 is 2.65 bits per heavy atom. The van der Waals surface area contributed by atoms with Crippen LogP contribution in [0.4, 0.5) is 11.4 Å². The smallest absolute Gasteiger partial charge is 0.271 e. The number of nitrogens with one attached hydrogen (secondary N) is 1. The van der Waals surface area contributed by atoms with Crippen LogP contribution in [0.5, 0.6) is 0 Å². The summed E-state index contributed by atoms with van der Waals surface area (Å²) in [6, 6.07) is 5.10. The van der Waals surface area contributed by atoms with Gasteiger partial charge in [-0.25, -0.2) is 0 Å². The van der Waals surface area contributed by atoms with Gasteiger partial charge in [0.15, 0.2) is 0 Å². The summed E-state index contributed by atoms with van der Waals surface area (Å²) in [5.74, 6) is 0.698. The molecule has 0 aliphatic rings. The van der Waals surface area contributed by atoms with Crippen LogP contribution in [0.25, 0.3) is 0 Å². The number of aryl methyl sites for hydroxylation is 1. The van der Waals surface area contributed by atoms with Crippen LogP contribution in [0.2, 0.25) is 0 Å². The van der Waals surface area contributed by atoms with Gasteiger partial charge in [-0.1, -0.05) is 13.8 Å². The quantitative estimate of drug-likeness (QED) is 0.465. The molecule has 0 saturated heterocycles. The van der Waals surface area contributed by atoms with Gasteiger partial charge in [0.05, 0.1) is 4.92 Å². The van der Waals surface area contributed by atoms with Crippen LogP contribution in [-0.4, -0.2) is 11.5 Å². The van der Waals surface area contributed by atoms with E-state index in [0.29, 0.717) is 5.92 Å². The van der Waals surface area contributed by atoms with Gasteiger partial charge in [-0.15, -0.1) is 0 Å². The summed E-state index contributed by atoms with van der Waals surface area (Å²) in [6.07, 6.45) is 2.25. The van der Waals surface area contributed by atoms with Crippen LogP contribution in [0, 0.1) is 23.0 Å². The monoisotopic (exact) mass is 236 g/mol. The van der Waals surface area contributed by atoms with E-state index in [9.17, 15) is 10.1 Å². The zero-order chi connectivity index (χ0) is 12.8. The summed E-state index contributed by atoms with van der Waals surface area (Å²) < 4.78 is 0. The molecule has 4 nitrogen and oxygen atoms in total. The number of hydrogen-bond donors (Lipinski definition) is 1. The first-order valence-electron chi connectivity index (χ1n) is 5.99. The molecule has 0 radical (unpaired) electrons. The van der Waals surface area contributed by atoms with Crippen molar-refractivity contribution >= 4 is 11.4 Å². The van der Waals surface area contributed by atoms with Crippen LogP contribution >= 0.6 is 0 Å². The Bertz CT molecular complexity index is 389. The highest BCUT2D eigenvalue weighted by Crippen LogP contribution is 2.20. The van der Waals surface area contributed by atoms with Gasteiger partial charge in [-0.2, -0.15) is 0 Å². The van der Waals surface area contributed by atoms with E-state index in [4.69, 9.17) is 0 Å². The SMILES string of the molecule is Cc1cc(NCCCC(C)C)cc([N+](=O)[O-])c1. The fourth-order valence-corrected chi connectivity index (χ4v) is 1.71. The van der Waals surface area contributed by atoms with Crippen LogP contribution in [0.1, 0.15) is 32.3 Å². The van der Waals surface area contributed by atoms with Gasteiger partial charge in [0.25, 0.3) is 5.69 Å². The third-order valence-electron chi connectivity index (χ3n) is 2.56. The molecule has 1 aromatic rings. The van der Waals surface area contributed by atoms with Crippen molar-refractivity contribution in [2.45, 2.75) is 33.6 Å². The Morgan fingerprint density at radius 2 is 2.06 bits per heavy atom. The Morgan fingerprint density at radius 1 is 1.35 bits per heavy atom. The van der Waals surface area contributed by atoms with Crippen molar-refractivity contribution < 1.29 is 4.92 Å². The lowest BCUT2D eigenvalue weighted by molar-refractivity contribution is -0.384. The van der Waals surface area contributed by atoms with Crippen molar-refractivity contribution in [3.63, 3.8) is 0 Å². The molecule has 0 saturated carbocycles. The summed E-state index contributed by atoms with van der Waals surface area (Å²) in [6.45, 7) is 7.11. The number of nitro groups is 1. The van der Waals surface area contributed by atoms with Crippen molar-refractivity contribution in [3.05, 3.63) is 33.9 Å². The van der Waals surface area contributed by atoms with E-state index < -0.39 is 0 Å². The molecule has 1 aromatic carbocycles. The summed E-state index contributed by atoms with van der Waals surface area (Å²) >= 11 is 0. The lowest BCUT2D eigenvalue weighted by Gasteiger charge is -2.08. The molecule has 0 heterocycles. The van der Waals surface area contributed by atoms with E-state index in [-0.39, 0.29) is 10.6 Å². The minimum absolute atomic E-state index is 0.149. The standard InChI is InChI=1S/C13H20N2O2/c1-10(2)5-4-6-14-12-7-11(3)8-13(9-12)15(16)17/h7-10,14H,4-6H2,1-3H3. The van der Waals surface area contributed by atoms with E-state index in [1.807, 2.05) is 13.0 Å². The molecule has 0 spiro atoms. The maximum absolute atomic E-state index is 10.7. The summed E-state index contributed by atoms with van der Waals surface area (Å²) in [7, 11) is 0. The molecule has 1 N–H and O–H groups in total. The lowest BCUT2D eigenvalue weighted by atomic mass is 10.1. The molecule has 0 fully saturated rings. The van der Waals surface area contributed by atoms with Crippen LogP contribution in [0.15, 0.2) is 18.2 Å². The van der Waals surface area contributed by atoms with E-state index >= 15 is 0 Å². The highest BCUT2D eigenvalue weighted by molar-refractivity contribution is 5.53. The van der Waals surface area contributed by atoms with E-state index in [1.54, 1.807) is 12.1 Å². The van der Waals surface area contributed by atoms with Gasteiger partial charge in [-0.05, 0) is 37.3 Å². The second kappa shape index (κ2) is 6.23. The number of hydrogen-bond acceptors (Lipinski definition) is 3. The molecular formula is C13H20N2O2. The van der Waals surface area contributed by atoms with Gasteiger partial charge in [0.1, 0.15) is 0 Å². The lowest BCUT2D eigenvalue weighted by Crippen LogP contribution is -2.03. The average Bonchev–Trinajstić information content (AvgIpc) is 2.23. The summed E-state index contributed by atoms with van der Waals surface area (Å²) in [4.78, 5) is 10.3. The van der Waals surface area contributed by atoms with E-state index in [2.05, 4.69) is 19.2 Å². The zero-order valence-electron chi connectivity index (χ0n) is 10.7. The highest BCUT2D eigenvalue weighted by Gasteiger charge is 2.07. The first-order valence-corrected chi connectivity index (χ1v) is 5.99. The van der Waals surface area contributed by atoms with Crippen molar-refractivity contribution in [1.29, 1.82) is 0 Å². The number of rotatable bonds is 6. The Labute approximate surface area is 102 Å². The summed E-state index contributed by atoms with van der Waals surface area (Å²) in [5.41, 5.74) is 1.89. The van der Waals surface area contributed by atoms with Crippen molar-refractivity contribution in [3.8, 4) is 0 Å². The molecule has 0 aromatic heterocycles. The van der Waals surface area contributed by atoms with Gasteiger partial charge in [0, 0.05) is 24.4 Å². The minimum Gasteiger partial charge on any atom is -0.385 e. The van der Waals surface area contributed by atoms with E-state index in [1.165, 1.54) is 6.42 Å². The van der Waals surface area contributed by atoms with Crippen LogP contribution < -0.4 is 5.32 Å². The Hall–Kier alpha value is -1.58. The average molecular weight is 236 g/mol. The second-order valence-electron chi connectivity index (χ2n) is 4.78.